The Morgan fingerprint density at radius 2 is 1.05 bits per heavy atom. The highest BCUT2D eigenvalue weighted by molar-refractivity contribution is 5.77. The van der Waals surface area contributed by atoms with Gasteiger partial charge in [-0.2, -0.15) is 0 Å². The first-order valence-electron chi connectivity index (χ1n) is 35.4. The molecule has 23 heteroatoms. The number of nitrogens with one attached hydrogen (secondary N) is 2. The summed E-state index contributed by atoms with van der Waals surface area (Å²) in [6.45, 7) is 2.10. The number of hydrogen-bond donors (Lipinski definition) is 14. The minimum absolute atomic E-state index is 0.197. The largest absolute Gasteiger partial charge is 0.477 e. The molecule has 3 fully saturated rings. The van der Waals surface area contributed by atoms with Gasteiger partial charge in [-0.1, -0.05) is 211 Å². The van der Waals surface area contributed by atoms with E-state index in [2.05, 4.69) is 48.8 Å². The van der Waals surface area contributed by atoms with Gasteiger partial charge >= 0.3 is 5.97 Å². The number of aliphatic hydroxyl groups is 11. The first-order valence-corrected chi connectivity index (χ1v) is 35.4. The first kappa shape index (κ1) is 83.2. The summed E-state index contributed by atoms with van der Waals surface area (Å²) >= 11 is 0. The van der Waals surface area contributed by atoms with E-state index in [1.54, 1.807) is 6.08 Å². The van der Waals surface area contributed by atoms with E-state index in [0.717, 1.165) is 64.7 Å². The van der Waals surface area contributed by atoms with E-state index in [9.17, 15) is 75.7 Å². The average molecular weight is 1320 g/mol. The molecule has 0 aromatic rings. The van der Waals surface area contributed by atoms with Gasteiger partial charge in [0.2, 0.25) is 11.8 Å². The molecule has 14 N–H and O–H groups in total. The summed E-state index contributed by atoms with van der Waals surface area (Å²) in [5, 5.41) is 136. The van der Waals surface area contributed by atoms with E-state index in [1.165, 1.54) is 141 Å². The molecule has 18 atom stereocenters. The quantitative estimate of drug-likeness (QED) is 0.0225. The summed E-state index contributed by atoms with van der Waals surface area (Å²) < 4.78 is 34.7. The van der Waals surface area contributed by atoms with Gasteiger partial charge < -0.3 is 100 Å². The van der Waals surface area contributed by atoms with Crippen molar-refractivity contribution in [1.29, 1.82) is 0 Å². The van der Waals surface area contributed by atoms with Crippen LogP contribution in [0, 0.1) is 0 Å². The number of carboxylic acid groups (broad SMARTS) is 1. The molecule has 0 radical (unpaired) electrons. The lowest BCUT2D eigenvalue weighted by molar-refractivity contribution is -0.386. The van der Waals surface area contributed by atoms with Gasteiger partial charge in [0.05, 0.1) is 50.7 Å². The average Bonchev–Trinajstić information content (AvgIpc) is 0.771. The maximum absolute atomic E-state index is 13.4. The molecular formula is C69H124N2O21. The molecule has 3 heterocycles. The molecule has 3 rings (SSSR count). The van der Waals surface area contributed by atoms with Crippen molar-refractivity contribution < 1.29 is 104 Å². The van der Waals surface area contributed by atoms with Crippen molar-refractivity contribution in [3.05, 3.63) is 36.5 Å². The van der Waals surface area contributed by atoms with E-state index in [0.29, 0.717) is 12.8 Å². The van der Waals surface area contributed by atoms with Gasteiger partial charge in [0, 0.05) is 19.8 Å². The Morgan fingerprint density at radius 3 is 1.53 bits per heavy atom. The zero-order valence-electron chi connectivity index (χ0n) is 55.9. The zero-order valence-corrected chi connectivity index (χ0v) is 55.9. The molecule has 536 valence electrons. The predicted octanol–water partition coefficient (Wildman–Crippen LogP) is 6.62. The normalized spacial score (nSPS) is 28.4. The Bertz CT molecular complexity index is 2000. The topological polar surface area (TPSA) is 373 Å². The molecule has 3 saturated heterocycles. The molecule has 3 aliphatic rings. The molecule has 0 aromatic heterocycles. The molecule has 3 aliphatic heterocycles. The van der Waals surface area contributed by atoms with Crippen LogP contribution in [0.15, 0.2) is 36.5 Å². The summed E-state index contributed by atoms with van der Waals surface area (Å²) in [5.74, 6) is -6.15. The lowest BCUT2D eigenvalue weighted by atomic mass is 9.88. The fourth-order valence-corrected chi connectivity index (χ4v) is 12.2. The highest BCUT2D eigenvalue weighted by atomic mass is 16.8. The number of aliphatic carboxylic acids is 1. The fraction of sp³-hybridized carbons (Fsp3) is 0.870. The number of rotatable bonds is 53. The van der Waals surface area contributed by atoms with Crippen molar-refractivity contribution in [2.75, 3.05) is 26.4 Å². The molecule has 0 saturated carbocycles. The molecular weight excluding hydrogens is 1190 g/mol. The highest BCUT2D eigenvalue weighted by Gasteiger charge is 2.60. The number of carbonyl (C=O) groups excluding carboxylic acids is 2. The number of aliphatic hydroxyl groups excluding tert-OH is 11. The van der Waals surface area contributed by atoms with Crippen LogP contribution in [0.5, 0.6) is 0 Å². The van der Waals surface area contributed by atoms with Gasteiger partial charge in [0.15, 0.2) is 12.6 Å². The first-order chi connectivity index (χ1) is 44.4. The number of carboxylic acids is 1. The Balaban J connectivity index is 1.53. The van der Waals surface area contributed by atoms with Gasteiger partial charge in [0.1, 0.15) is 67.1 Å². The molecule has 0 bridgehead atoms. The number of hydrogen-bond acceptors (Lipinski definition) is 20. The van der Waals surface area contributed by atoms with Crippen LogP contribution in [0.25, 0.3) is 0 Å². The Hall–Kier alpha value is -3.05. The summed E-state index contributed by atoms with van der Waals surface area (Å²) in [4.78, 5) is 38.5. The van der Waals surface area contributed by atoms with Crippen molar-refractivity contribution in [1.82, 2.24) is 10.6 Å². The minimum atomic E-state index is -3.08. The molecule has 0 spiro atoms. The zero-order chi connectivity index (χ0) is 67.5. The van der Waals surface area contributed by atoms with Gasteiger partial charge in [-0.15, -0.1) is 0 Å². The number of carbonyl (C=O) groups is 3. The van der Waals surface area contributed by atoms with E-state index >= 15 is 0 Å². The summed E-state index contributed by atoms with van der Waals surface area (Å²) in [7, 11) is 0. The molecule has 2 amide bonds. The van der Waals surface area contributed by atoms with Crippen LogP contribution in [0.1, 0.15) is 245 Å². The Kier molecular flexibility index (Phi) is 44.7. The van der Waals surface area contributed by atoms with Gasteiger partial charge in [-0.3, -0.25) is 9.59 Å². The second-order valence-electron chi connectivity index (χ2n) is 25.7. The van der Waals surface area contributed by atoms with E-state index in [4.69, 9.17) is 28.4 Å². The molecule has 92 heavy (non-hydrogen) atoms. The lowest BCUT2D eigenvalue weighted by Crippen LogP contribution is -2.70. The van der Waals surface area contributed by atoms with Gasteiger partial charge in [-0.05, 0) is 51.4 Å². The Morgan fingerprint density at radius 1 is 0.576 bits per heavy atom. The summed E-state index contributed by atoms with van der Waals surface area (Å²) in [6.07, 6.45) is 22.1. The van der Waals surface area contributed by atoms with E-state index < -0.39 is 155 Å². The third-order valence-corrected chi connectivity index (χ3v) is 17.8. The standard InChI is InChI=1S/C69H124N2O21/c1-4-6-8-10-12-14-16-17-18-19-20-21-22-23-24-25-26-27-28-29-30-31-33-35-37-39-41-43-56(79)71-50(51(76)42-40-38-36-34-32-15-13-11-9-7-5-2)48-87-66-61(83)60(82)63(55(47-74)89-66)90-67-62(84)65(59(81)54(46-73)88-67)92-69(68(85)86)44-52(77)57(70-49(3)75)64(91-69)58(80)53(78)45-72/h20-21,23-24,40,42,50-55,57-67,72-74,76-78,80-84H,4-19,22,25-39,41,43-48H2,1-3H3,(H,70,75)(H,71,79)(H,85,86)/b21-20-,24-23-,42-40+. The van der Waals surface area contributed by atoms with Gasteiger partial charge in [-0.25, -0.2) is 4.79 Å². The van der Waals surface area contributed by atoms with Crippen LogP contribution in [-0.2, 0) is 42.8 Å². The van der Waals surface area contributed by atoms with Crippen molar-refractivity contribution in [3.8, 4) is 0 Å². The van der Waals surface area contributed by atoms with E-state index in [-0.39, 0.29) is 12.3 Å². The monoisotopic (exact) mass is 1320 g/mol. The summed E-state index contributed by atoms with van der Waals surface area (Å²) in [5.41, 5.74) is 0. The number of ether oxygens (including phenoxy) is 6. The fourth-order valence-electron chi connectivity index (χ4n) is 12.2. The third kappa shape index (κ3) is 31.4. The van der Waals surface area contributed by atoms with Crippen LogP contribution in [0.2, 0.25) is 0 Å². The van der Waals surface area contributed by atoms with Crippen molar-refractivity contribution in [2.24, 2.45) is 0 Å². The van der Waals surface area contributed by atoms with Crippen LogP contribution < -0.4 is 10.6 Å². The Labute approximate surface area is 548 Å². The predicted molar refractivity (Wildman–Crippen MR) is 347 cm³/mol. The highest BCUT2D eigenvalue weighted by Crippen LogP contribution is 2.39. The summed E-state index contributed by atoms with van der Waals surface area (Å²) in [6, 6.07) is -2.62. The number of unbranched alkanes of at least 4 members (excludes halogenated alkanes) is 29. The van der Waals surface area contributed by atoms with Crippen molar-refractivity contribution in [3.63, 3.8) is 0 Å². The lowest BCUT2D eigenvalue weighted by Gasteiger charge is -2.50. The third-order valence-electron chi connectivity index (χ3n) is 17.8. The van der Waals surface area contributed by atoms with Crippen LogP contribution in [0.3, 0.4) is 0 Å². The van der Waals surface area contributed by atoms with E-state index in [1.807, 2.05) is 6.08 Å². The molecule has 0 aliphatic carbocycles. The van der Waals surface area contributed by atoms with Crippen molar-refractivity contribution >= 4 is 17.8 Å². The molecule has 18 unspecified atom stereocenters. The smallest absolute Gasteiger partial charge is 0.364 e. The second-order valence-corrected chi connectivity index (χ2v) is 25.7. The maximum atomic E-state index is 13.4. The molecule has 23 nitrogen and oxygen atoms in total. The van der Waals surface area contributed by atoms with Crippen molar-refractivity contribution in [2.45, 2.75) is 355 Å². The maximum Gasteiger partial charge on any atom is 0.364 e. The van der Waals surface area contributed by atoms with Crippen LogP contribution in [0.4, 0.5) is 0 Å². The SMILES string of the molecule is CCCCCCCCCCC/C=C\C/C=C\CCCCCCCCCCCCCC(=O)NC(COC1OC(CO)C(OC2OC(CO)C(O)C(OC3(C(=O)O)CC(O)C(NC(C)=O)C(C(O)C(O)CO)O3)C2O)C(O)C1O)C(O)/C=C/CCCCCCCCCCC. The van der Waals surface area contributed by atoms with Crippen LogP contribution in [-0.4, -0.2) is 215 Å². The number of allylic oxidation sites excluding steroid dienone is 5. The minimum Gasteiger partial charge on any atom is -0.477 e. The van der Waals surface area contributed by atoms with Crippen LogP contribution >= 0.6 is 0 Å². The second kappa shape index (κ2) is 49.5. The number of amides is 2. The van der Waals surface area contributed by atoms with Gasteiger partial charge in [0.25, 0.3) is 5.79 Å². The molecule has 0 aromatic carbocycles.